The maximum Gasteiger partial charge on any atom is 0.130 e. The van der Waals surface area contributed by atoms with Crippen molar-refractivity contribution in [3.05, 3.63) is 58.9 Å². The summed E-state index contributed by atoms with van der Waals surface area (Å²) in [4.78, 5) is 4.61. The Balaban J connectivity index is 1.93. The molecule has 0 aliphatic rings. The van der Waals surface area contributed by atoms with E-state index in [1.807, 2.05) is 24.3 Å². The highest BCUT2D eigenvalue weighted by Crippen LogP contribution is 2.17. The second kappa shape index (κ2) is 7.79. The highest BCUT2D eigenvalue weighted by molar-refractivity contribution is 5.33. The average Bonchev–Trinajstić information content (AvgIpc) is 2.49. The van der Waals surface area contributed by atoms with Gasteiger partial charge in [-0.25, -0.2) is 0 Å². The smallest absolute Gasteiger partial charge is 0.130 e. The van der Waals surface area contributed by atoms with Crippen molar-refractivity contribution >= 4 is 0 Å². The maximum atomic E-state index is 5.83. The van der Waals surface area contributed by atoms with Crippen LogP contribution >= 0.6 is 0 Å². The molecule has 0 aliphatic heterocycles. The minimum absolute atomic E-state index is 0.504. The van der Waals surface area contributed by atoms with Crippen LogP contribution in [-0.2, 0) is 13.2 Å². The highest BCUT2D eigenvalue weighted by atomic mass is 16.5. The zero-order valence-corrected chi connectivity index (χ0v) is 13.1. The lowest BCUT2D eigenvalue weighted by atomic mass is 10.1. The lowest BCUT2D eigenvalue weighted by Crippen LogP contribution is -2.15. The summed E-state index contributed by atoms with van der Waals surface area (Å²) in [5.74, 6) is 0.898. The largest absolute Gasteiger partial charge is 0.487 e. The molecule has 21 heavy (non-hydrogen) atoms. The van der Waals surface area contributed by atoms with E-state index in [1.54, 1.807) is 0 Å². The molecule has 0 bridgehead atoms. The fourth-order valence-electron chi connectivity index (χ4n) is 2.06. The van der Waals surface area contributed by atoms with Gasteiger partial charge in [-0.15, -0.1) is 0 Å². The molecule has 0 fully saturated rings. The van der Waals surface area contributed by atoms with E-state index in [4.69, 9.17) is 4.74 Å². The van der Waals surface area contributed by atoms with Gasteiger partial charge in [0.1, 0.15) is 12.4 Å². The van der Waals surface area contributed by atoms with Crippen LogP contribution < -0.4 is 10.1 Å². The van der Waals surface area contributed by atoms with Crippen molar-refractivity contribution in [1.29, 1.82) is 0 Å². The van der Waals surface area contributed by atoms with Crippen molar-refractivity contribution < 1.29 is 4.74 Å². The number of ether oxygens (including phenoxy) is 1. The van der Waals surface area contributed by atoms with Gasteiger partial charge in [0.2, 0.25) is 0 Å². The summed E-state index contributed by atoms with van der Waals surface area (Å²) in [5.41, 5.74) is 4.55. The Kier molecular flexibility index (Phi) is 5.76. The van der Waals surface area contributed by atoms with Crippen molar-refractivity contribution in [2.24, 2.45) is 0 Å². The minimum Gasteiger partial charge on any atom is -0.487 e. The summed E-state index contributed by atoms with van der Waals surface area (Å²) in [6.07, 6.45) is 1.13. The molecule has 2 rings (SSSR count). The van der Waals surface area contributed by atoms with Gasteiger partial charge in [-0.1, -0.05) is 19.1 Å². The summed E-state index contributed by atoms with van der Waals surface area (Å²) in [5, 5.41) is 3.36. The fourth-order valence-corrected chi connectivity index (χ4v) is 2.06. The number of nitrogens with one attached hydrogen (secondary N) is 1. The van der Waals surface area contributed by atoms with E-state index >= 15 is 0 Å². The highest BCUT2D eigenvalue weighted by Gasteiger charge is 2.01. The molecular weight excluding hydrogens is 260 g/mol. The fraction of sp³-hybridized carbons (Fsp3) is 0.389. The van der Waals surface area contributed by atoms with E-state index in [9.17, 15) is 0 Å². The van der Waals surface area contributed by atoms with E-state index in [2.05, 4.69) is 43.2 Å². The van der Waals surface area contributed by atoms with Gasteiger partial charge in [0.25, 0.3) is 0 Å². The van der Waals surface area contributed by atoms with E-state index in [1.165, 1.54) is 11.1 Å². The summed E-state index contributed by atoms with van der Waals surface area (Å²) in [6.45, 7) is 8.70. The maximum absolute atomic E-state index is 5.83. The lowest BCUT2D eigenvalue weighted by molar-refractivity contribution is 0.300. The quantitative estimate of drug-likeness (QED) is 0.786. The number of nitrogens with zero attached hydrogens (tertiary/aromatic N) is 1. The molecule has 0 amide bonds. The van der Waals surface area contributed by atoms with Crippen LogP contribution in [0.15, 0.2) is 36.4 Å². The van der Waals surface area contributed by atoms with Crippen molar-refractivity contribution in [3.8, 4) is 5.75 Å². The van der Waals surface area contributed by atoms with E-state index in [0.717, 1.165) is 36.6 Å². The zero-order chi connectivity index (χ0) is 15.1. The Morgan fingerprint density at radius 1 is 1.05 bits per heavy atom. The first-order valence-electron chi connectivity index (χ1n) is 7.54. The molecule has 0 saturated heterocycles. The summed E-state index contributed by atoms with van der Waals surface area (Å²) < 4.78 is 5.83. The summed E-state index contributed by atoms with van der Waals surface area (Å²) in [6, 6.07) is 12.3. The molecule has 1 heterocycles. The first-order valence-corrected chi connectivity index (χ1v) is 7.54. The number of aromatic nitrogens is 1. The number of aryl methyl sites for hydroxylation is 2. The number of pyridine rings is 1. The van der Waals surface area contributed by atoms with Gasteiger partial charge < -0.3 is 10.1 Å². The second-order valence-corrected chi connectivity index (χ2v) is 5.33. The monoisotopic (exact) mass is 284 g/mol. The Hall–Kier alpha value is -1.87. The number of hydrogen-bond donors (Lipinski definition) is 1. The van der Waals surface area contributed by atoms with Gasteiger partial charge in [-0.2, -0.15) is 0 Å². The van der Waals surface area contributed by atoms with Gasteiger partial charge >= 0.3 is 0 Å². The Morgan fingerprint density at radius 3 is 2.62 bits per heavy atom. The third kappa shape index (κ3) is 4.87. The predicted molar refractivity (Wildman–Crippen MR) is 86.5 cm³/mol. The van der Waals surface area contributed by atoms with Crippen LogP contribution in [-0.4, -0.2) is 11.5 Å². The molecule has 1 aromatic heterocycles. The summed E-state index contributed by atoms with van der Waals surface area (Å²) >= 11 is 0. The average molecular weight is 284 g/mol. The molecule has 112 valence electrons. The minimum atomic E-state index is 0.504. The number of hydrogen-bond acceptors (Lipinski definition) is 3. The SMILES string of the molecule is CCCNCc1cccc(COc2ccc(C)c(C)c2)n1. The van der Waals surface area contributed by atoms with Gasteiger partial charge in [0.15, 0.2) is 0 Å². The van der Waals surface area contributed by atoms with E-state index in [-0.39, 0.29) is 0 Å². The van der Waals surface area contributed by atoms with Gasteiger partial charge in [-0.05, 0) is 62.2 Å². The van der Waals surface area contributed by atoms with E-state index < -0.39 is 0 Å². The zero-order valence-electron chi connectivity index (χ0n) is 13.1. The van der Waals surface area contributed by atoms with Crippen LogP contribution in [0.3, 0.4) is 0 Å². The van der Waals surface area contributed by atoms with Crippen LogP contribution in [0.4, 0.5) is 0 Å². The molecule has 1 N–H and O–H groups in total. The molecule has 0 spiro atoms. The first kappa shape index (κ1) is 15.5. The Bertz CT molecular complexity index is 581. The topological polar surface area (TPSA) is 34.1 Å². The second-order valence-electron chi connectivity index (χ2n) is 5.33. The standard InChI is InChI=1S/C18H24N2O/c1-4-10-19-12-16-6-5-7-17(20-16)13-21-18-9-8-14(2)15(3)11-18/h5-9,11,19H,4,10,12-13H2,1-3H3. The summed E-state index contributed by atoms with van der Waals surface area (Å²) in [7, 11) is 0. The molecule has 0 unspecified atom stereocenters. The van der Waals surface area contributed by atoms with Crippen LogP contribution in [0.25, 0.3) is 0 Å². The first-order chi connectivity index (χ1) is 10.2. The van der Waals surface area contributed by atoms with Crippen LogP contribution in [0.2, 0.25) is 0 Å². The molecule has 0 aliphatic carbocycles. The molecule has 0 saturated carbocycles. The third-order valence-electron chi connectivity index (χ3n) is 3.46. The molecule has 3 heteroatoms. The van der Waals surface area contributed by atoms with Gasteiger partial charge in [-0.3, -0.25) is 4.98 Å². The Labute approximate surface area is 127 Å². The van der Waals surface area contributed by atoms with Crippen LogP contribution in [0.1, 0.15) is 35.9 Å². The molecule has 1 aromatic carbocycles. The third-order valence-corrected chi connectivity index (χ3v) is 3.46. The lowest BCUT2D eigenvalue weighted by Gasteiger charge is -2.09. The number of benzene rings is 1. The normalized spacial score (nSPS) is 10.6. The van der Waals surface area contributed by atoms with Crippen molar-refractivity contribution in [2.45, 2.75) is 40.3 Å². The van der Waals surface area contributed by atoms with Crippen molar-refractivity contribution in [3.63, 3.8) is 0 Å². The van der Waals surface area contributed by atoms with Crippen molar-refractivity contribution in [1.82, 2.24) is 10.3 Å². The molecule has 2 aromatic rings. The van der Waals surface area contributed by atoms with Crippen LogP contribution in [0.5, 0.6) is 5.75 Å². The predicted octanol–water partition coefficient (Wildman–Crippen LogP) is 3.78. The van der Waals surface area contributed by atoms with Crippen LogP contribution in [0, 0.1) is 13.8 Å². The molecular formula is C18H24N2O. The Morgan fingerprint density at radius 2 is 1.86 bits per heavy atom. The molecule has 3 nitrogen and oxygen atoms in total. The van der Waals surface area contributed by atoms with E-state index in [0.29, 0.717) is 6.61 Å². The molecule has 0 atom stereocenters. The van der Waals surface area contributed by atoms with Crippen molar-refractivity contribution in [2.75, 3.05) is 6.54 Å². The van der Waals surface area contributed by atoms with Gasteiger partial charge in [0, 0.05) is 6.54 Å². The molecule has 0 radical (unpaired) electrons. The number of rotatable bonds is 7. The van der Waals surface area contributed by atoms with Gasteiger partial charge in [0.05, 0.1) is 11.4 Å².